The molecule has 2 heterocycles. The molecule has 0 aliphatic carbocycles. The zero-order valence-electron chi connectivity index (χ0n) is 12.0. The molecule has 23 heavy (non-hydrogen) atoms. The van der Waals surface area contributed by atoms with E-state index in [1.807, 2.05) is 0 Å². The number of carbonyl (C=O) groups excluding carboxylic acids is 2. The van der Waals surface area contributed by atoms with Crippen molar-refractivity contribution < 1.29 is 14.0 Å². The number of benzene rings is 1. The predicted molar refractivity (Wildman–Crippen MR) is 85.2 cm³/mol. The number of pyridine rings is 1. The molecule has 2 N–H and O–H groups in total. The van der Waals surface area contributed by atoms with Gasteiger partial charge in [-0.15, -0.1) is 0 Å². The molecule has 0 spiro atoms. The van der Waals surface area contributed by atoms with Crippen LogP contribution in [-0.2, 0) is 4.79 Å². The number of nitrogens with one attached hydrogen (secondary N) is 2. The Hall–Kier alpha value is -2.73. The van der Waals surface area contributed by atoms with Crippen molar-refractivity contribution in [1.82, 2.24) is 9.97 Å². The molecule has 0 radical (unpaired) electrons. The van der Waals surface area contributed by atoms with E-state index in [2.05, 4.69) is 15.3 Å². The molecule has 0 bridgehead atoms. The lowest BCUT2D eigenvalue weighted by Gasteiger charge is -2.05. The van der Waals surface area contributed by atoms with E-state index >= 15 is 0 Å². The van der Waals surface area contributed by atoms with E-state index in [9.17, 15) is 14.0 Å². The third-order valence-electron chi connectivity index (χ3n) is 3.33. The highest BCUT2D eigenvalue weighted by Crippen LogP contribution is 2.28. The minimum atomic E-state index is -0.687. The molecule has 3 aromatic rings. The average Bonchev–Trinajstić information content (AvgIpc) is 2.91. The van der Waals surface area contributed by atoms with Crippen molar-refractivity contribution in [3.63, 3.8) is 0 Å². The standard InChI is InChI=1S/C16H11ClFN3O2/c1-8(22)21-16-14-9(5-6-19-16)10(7-20-14)15(23)13-11(17)3-2-4-12(13)18/h2-7,20H,1H3,(H,19,21,22). The first-order valence-electron chi connectivity index (χ1n) is 6.71. The Balaban J connectivity index is 2.14. The molecule has 0 saturated carbocycles. The molecule has 0 aliphatic rings. The fourth-order valence-corrected chi connectivity index (χ4v) is 2.60. The topological polar surface area (TPSA) is 74.8 Å². The highest BCUT2D eigenvalue weighted by atomic mass is 35.5. The first-order chi connectivity index (χ1) is 11.0. The zero-order valence-corrected chi connectivity index (χ0v) is 12.7. The lowest BCUT2D eigenvalue weighted by atomic mass is 10.0. The number of fused-ring (bicyclic) bond motifs is 1. The van der Waals surface area contributed by atoms with Gasteiger partial charge in [-0.2, -0.15) is 0 Å². The lowest BCUT2D eigenvalue weighted by molar-refractivity contribution is -0.114. The van der Waals surface area contributed by atoms with Crippen LogP contribution in [0.15, 0.2) is 36.7 Å². The fraction of sp³-hybridized carbons (Fsp3) is 0.0625. The molecule has 116 valence electrons. The molecule has 2 aromatic heterocycles. The minimum absolute atomic E-state index is 0.0421. The first kappa shape index (κ1) is 15.2. The molecular weight excluding hydrogens is 321 g/mol. The number of carbonyl (C=O) groups is 2. The van der Waals surface area contributed by atoms with Crippen molar-refractivity contribution >= 4 is 40.0 Å². The van der Waals surface area contributed by atoms with E-state index < -0.39 is 11.6 Å². The number of nitrogens with zero attached hydrogens (tertiary/aromatic N) is 1. The number of aromatic amines is 1. The van der Waals surface area contributed by atoms with Crippen LogP contribution in [0.1, 0.15) is 22.8 Å². The van der Waals surface area contributed by atoms with Gasteiger partial charge in [-0.05, 0) is 18.2 Å². The molecule has 1 aromatic carbocycles. The van der Waals surface area contributed by atoms with Crippen molar-refractivity contribution in [2.24, 2.45) is 0 Å². The summed E-state index contributed by atoms with van der Waals surface area (Å²) >= 11 is 5.95. The molecule has 0 fully saturated rings. The second-order valence-electron chi connectivity index (χ2n) is 4.89. The van der Waals surface area contributed by atoms with Crippen LogP contribution >= 0.6 is 11.6 Å². The molecule has 7 heteroatoms. The van der Waals surface area contributed by atoms with E-state index in [0.717, 1.165) is 0 Å². The monoisotopic (exact) mass is 331 g/mol. The van der Waals surface area contributed by atoms with E-state index in [4.69, 9.17) is 11.6 Å². The van der Waals surface area contributed by atoms with E-state index in [1.54, 1.807) is 6.07 Å². The van der Waals surface area contributed by atoms with Gasteiger partial charge in [0.2, 0.25) is 5.91 Å². The average molecular weight is 332 g/mol. The number of amides is 1. The molecule has 5 nitrogen and oxygen atoms in total. The molecule has 0 saturated heterocycles. The highest BCUT2D eigenvalue weighted by Gasteiger charge is 2.21. The summed E-state index contributed by atoms with van der Waals surface area (Å²) in [4.78, 5) is 30.8. The predicted octanol–water partition coefficient (Wildman–Crippen LogP) is 3.54. The van der Waals surface area contributed by atoms with Crippen molar-refractivity contribution in [2.75, 3.05) is 5.32 Å². The fourth-order valence-electron chi connectivity index (χ4n) is 2.35. The van der Waals surface area contributed by atoms with Gasteiger partial charge in [0.15, 0.2) is 11.6 Å². The second-order valence-corrected chi connectivity index (χ2v) is 5.30. The van der Waals surface area contributed by atoms with Crippen LogP contribution in [0.4, 0.5) is 10.2 Å². The van der Waals surface area contributed by atoms with Crippen LogP contribution in [0, 0.1) is 5.82 Å². The SMILES string of the molecule is CC(=O)Nc1nccc2c(C(=O)c3c(F)cccc3Cl)c[nH]c12. The Morgan fingerprint density at radius 3 is 2.78 bits per heavy atom. The molecule has 0 unspecified atom stereocenters. The van der Waals surface area contributed by atoms with Gasteiger partial charge in [0.25, 0.3) is 0 Å². The third-order valence-corrected chi connectivity index (χ3v) is 3.65. The Kier molecular flexibility index (Phi) is 3.83. The number of halogens is 2. The first-order valence-corrected chi connectivity index (χ1v) is 7.09. The summed E-state index contributed by atoms with van der Waals surface area (Å²) in [6, 6.07) is 5.68. The largest absolute Gasteiger partial charge is 0.357 e. The Morgan fingerprint density at radius 1 is 1.30 bits per heavy atom. The number of anilines is 1. The van der Waals surface area contributed by atoms with Gasteiger partial charge in [0, 0.05) is 30.3 Å². The summed E-state index contributed by atoms with van der Waals surface area (Å²) in [5.74, 6) is -1.22. The normalized spacial score (nSPS) is 10.7. The Morgan fingerprint density at radius 2 is 2.09 bits per heavy atom. The lowest BCUT2D eigenvalue weighted by Crippen LogP contribution is -2.08. The summed E-state index contributed by atoms with van der Waals surface area (Å²) in [5, 5.41) is 3.13. The molecule has 0 aliphatic heterocycles. The smallest absolute Gasteiger partial charge is 0.222 e. The Bertz CT molecular complexity index is 916. The van der Waals surface area contributed by atoms with Crippen molar-refractivity contribution in [2.45, 2.75) is 6.92 Å². The van der Waals surface area contributed by atoms with Gasteiger partial charge in [-0.1, -0.05) is 17.7 Å². The number of hydrogen-bond donors (Lipinski definition) is 2. The van der Waals surface area contributed by atoms with Gasteiger partial charge in [0.05, 0.1) is 16.1 Å². The van der Waals surface area contributed by atoms with Crippen LogP contribution < -0.4 is 5.32 Å². The van der Waals surface area contributed by atoms with Crippen molar-refractivity contribution in [3.8, 4) is 0 Å². The number of aromatic nitrogens is 2. The highest BCUT2D eigenvalue weighted by molar-refractivity contribution is 6.35. The second kappa shape index (κ2) is 5.81. The molecular formula is C16H11ClFN3O2. The summed E-state index contributed by atoms with van der Waals surface area (Å²) < 4.78 is 14.0. The molecule has 1 amide bonds. The van der Waals surface area contributed by atoms with Gasteiger partial charge in [-0.25, -0.2) is 9.37 Å². The van der Waals surface area contributed by atoms with Crippen LogP contribution in [0.5, 0.6) is 0 Å². The van der Waals surface area contributed by atoms with Gasteiger partial charge in [0.1, 0.15) is 5.82 Å². The summed E-state index contributed by atoms with van der Waals surface area (Å²) in [7, 11) is 0. The maximum absolute atomic E-state index is 14.0. The van der Waals surface area contributed by atoms with E-state index in [0.29, 0.717) is 16.7 Å². The summed E-state index contributed by atoms with van der Waals surface area (Å²) in [5.41, 5.74) is 0.549. The van der Waals surface area contributed by atoms with Crippen molar-refractivity contribution in [3.05, 3.63) is 58.6 Å². The Labute approximate surface area is 135 Å². The molecule has 3 rings (SSSR count). The van der Waals surface area contributed by atoms with E-state index in [-0.39, 0.29) is 22.1 Å². The number of ketones is 1. The summed E-state index contributed by atoms with van der Waals surface area (Å²) in [6.45, 7) is 1.36. The van der Waals surface area contributed by atoms with Crippen LogP contribution in [-0.4, -0.2) is 21.7 Å². The van der Waals surface area contributed by atoms with E-state index in [1.165, 1.54) is 37.5 Å². The number of hydrogen-bond acceptors (Lipinski definition) is 3. The minimum Gasteiger partial charge on any atom is -0.357 e. The molecule has 0 atom stereocenters. The van der Waals surface area contributed by atoms with Crippen LogP contribution in [0.3, 0.4) is 0 Å². The van der Waals surface area contributed by atoms with Gasteiger partial charge < -0.3 is 10.3 Å². The number of rotatable bonds is 3. The number of H-pyrrole nitrogens is 1. The van der Waals surface area contributed by atoms with Gasteiger partial charge in [-0.3, -0.25) is 9.59 Å². The van der Waals surface area contributed by atoms with Gasteiger partial charge >= 0.3 is 0 Å². The maximum Gasteiger partial charge on any atom is 0.222 e. The quantitative estimate of drug-likeness (QED) is 0.721. The zero-order chi connectivity index (χ0) is 16.6. The maximum atomic E-state index is 14.0. The van der Waals surface area contributed by atoms with Crippen LogP contribution in [0.25, 0.3) is 10.9 Å². The van der Waals surface area contributed by atoms with Crippen LogP contribution in [0.2, 0.25) is 5.02 Å². The summed E-state index contributed by atoms with van der Waals surface area (Å²) in [6.07, 6.45) is 2.91. The van der Waals surface area contributed by atoms with Crippen molar-refractivity contribution in [1.29, 1.82) is 0 Å². The third kappa shape index (κ3) is 2.68.